The second-order valence-electron chi connectivity index (χ2n) is 5.36. The van der Waals surface area contributed by atoms with Gasteiger partial charge in [-0.05, 0) is 64.5 Å². The van der Waals surface area contributed by atoms with E-state index in [0.717, 1.165) is 14.5 Å². The number of aryl methyl sites for hydroxylation is 2. The number of pyridine rings is 1. The first-order valence-electron chi connectivity index (χ1n) is 6.71. The molecule has 0 saturated heterocycles. The number of H-pyrrole nitrogens is 1. The molecule has 0 bridgehead atoms. The number of fused-ring (bicyclic) bond motifs is 4. The van der Waals surface area contributed by atoms with Gasteiger partial charge in [-0.2, -0.15) is 0 Å². The molecule has 2 nitrogen and oxygen atoms in total. The lowest BCUT2D eigenvalue weighted by atomic mass is 9.97. The smallest absolute Gasteiger partial charge is 0.0610 e. The number of rotatable bonds is 0. The van der Waals surface area contributed by atoms with Gasteiger partial charge >= 0.3 is 0 Å². The summed E-state index contributed by atoms with van der Waals surface area (Å²) in [5.41, 5.74) is 4.89. The van der Waals surface area contributed by atoms with Crippen molar-refractivity contribution in [3.8, 4) is 0 Å². The number of nitrogens with one attached hydrogen (secondary N) is 1. The zero-order chi connectivity index (χ0) is 14.7. The van der Waals surface area contributed by atoms with Gasteiger partial charge in [0.05, 0.1) is 11.0 Å². The molecule has 4 aromatic rings. The number of aromatic amines is 1. The van der Waals surface area contributed by atoms with Gasteiger partial charge in [-0.15, -0.1) is 0 Å². The highest BCUT2D eigenvalue weighted by Gasteiger charge is 2.15. The van der Waals surface area contributed by atoms with Crippen molar-refractivity contribution >= 4 is 64.4 Å². The fraction of sp³-hybridized carbons (Fsp3) is 0.118. The Balaban J connectivity index is 2.37. The van der Waals surface area contributed by atoms with Crippen LogP contribution >= 0.6 is 31.9 Å². The first-order valence-corrected chi connectivity index (χ1v) is 8.30. The molecule has 2 heterocycles. The lowest BCUT2D eigenvalue weighted by Crippen LogP contribution is -1.87. The first-order chi connectivity index (χ1) is 10.1. The van der Waals surface area contributed by atoms with Gasteiger partial charge < -0.3 is 4.98 Å². The zero-order valence-corrected chi connectivity index (χ0v) is 14.8. The van der Waals surface area contributed by atoms with E-state index < -0.39 is 0 Å². The highest BCUT2D eigenvalue weighted by Crippen LogP contribution is 2.39. The first kappa shape index (κ1) is 13.3. The number of hydrogen-bond donors (Lipinski definition) is 1. The summed E-state index contributed by atoms with van der Waals surface area (Å²) in [5.74, 6) is 0. The Hall–Kier alpha value is -1.39. The molecule has 4 heteroatoms. The van der Waals surface area contributed by atoms with E-state index in [9.17, 15) is 0 Å². The van der Waals surface area contributed by atoms with E-state index in [0.29, 0.717) is 0 Å². The molecule has 4 rings (SSSR count). The average Bonchev–Trinajstić information content (AvgIpc) is 2.85. The molecule has 2 aromatic heterocycles. The molecule has 0 radical (unpaired) electrons. The fourth-order valence-corrected chi connectivity index (χ4v) is 4.50. The van der Waals surface area contributed by atoms with Gasteiger partial charge in [0.1, 0.15) is 0 Å². The second kappa shape index (κ2) is 4.55. The van der Waals surface area contributed by atoms with Gasteiger partial charge in [0, 0.05) is 37.5 Å². The molecule has 0 unspecified atom stereocenters. The van der Waals surface area contributed by atoms with Crippen LogP contribution in [0.1, 0.15) is 11.1 Å². The van der Waals surface area contributed by atoms with Crippen LogP contribution in [0.4, 0.5) is 0 Å². The van der Waals surface area contributed by atoms with Crippen LogP contribution in [0, 0.1) is 13.8 Å². The van der Waals surface area contributed by atoms with Crippen molar-refractivity contribution in [2.75, 3.05) is 0 Å². The molecular weight excluding hydrogens is 392 g/mol. The van der Waals surface area contributed by atoms with Crippen LogP contribution in [-0.4, -0.2) is 9.97 Å². The molecule has 0 aliphatic rings. The van der Waals surface area contributed by atoms with Crippen molar-refractivity contribution in [2.45, 2.75) is 13.8 Å². The second-order valence-corrected chi connectivity index (χ2v) is 7.13. The van der Waals surface area contributed by atoms with Gasteiger partial charge in [0.2, 0.25) is 0 Å². The Morgan fingerprint density at radius 3 is 2.57 bits per heavy atom. The Kier molecular flexibility index (Phi) is 2.88. The maximum atomic E-state index is 4.29. The van der Waals surface area contributed by atoms with Crippen LogP contribution in [0.3, 0.4) is 0 Å². The van der Waals surface area contributed by atoms with Crippen LogP contribution in [0.25, 0.3) is 32.6 Å². The minimum atomic E-state index is 1.07. The summed E-state index contributed by atoms with van der Waals surface area (Å²) in [6.07, 6.45) is 3.82. The van der Waals surface area contributed by atoms with Crippen molar-refractivity contribution in [3.63, 3.8) is 0 Å². The van der Waals surface area contributed by atoms with E-state index in [2.05, 4.69) is 73.9 Å². The van der Waals surface area contributed by atoms with Gasteiger partial charge in [-0.1, -0.05) is 15.9 Å². The van der Waals surface area contributed by atoms with Gasteiger partial charge in [-0.3, -0.25) is 4.98 Å². The number of nitrogens with zero attached hydrogens (tertiary/aromatic N) is 1. The van der Waals surface area contributed by atoms with E-state index in [1.54, 1.807) is 0 Å². The summed E-state index contributed by atoms with van der Waals surface area (Å²) in [4.78, 5) is 7.88. The van der Waals surface area contributed by atoms with E-state index in [4.69, 9.17) is 0 Å². The standard InChI is InChI=1S/C17H12Br2N2/c1-8-13-7-20-4-3-11(13)9(2)16-15(8)12-5-10(18)6-14(19)17(12)21-16/h3-7,21H,1-2H3. The molecule has 0 atom stereocenters. The predicted molar refractivity (Wildman–Crippen MR) is 96.0 cm³/mol. The lowest BCUT2D eigenvalue weighted by molar-refractivity contribution is 1.35. The number of hydrogen-bond acceptors (Lipinski definition) is 1. The summed E-state index contributed by atoms with van der Waals surface area (Å²) in [5, 5.41) is 5.00. The molecule has 0 aliphatic carbocycles. The minimum Gasteiger partial charge on any atom is -0.353 e. The Morgan fingerprint density at radius 1 is 0.952 bits per heavy atom. The van der Waals surface area contributed by atoms with Crippen LogP contribution < -0.4 is 0 Å². The van der Waals surface area contributed by atoms with Crippen molar-refractivity contribution in [1.82, 2.24) is 9.97 Å². The summed E-state index contributed by atoms with van der Waals surface area (Å²) in [7, 11) is 0. The number of halogens is 2. The average molecular weight is 404 g/mol. The maximum absolute atomic E-state index is 4.29. The maximum Gasteiger partial charge on any atom is 0.0610 e. The lowest BCUT2D eigenvalue weighted by Gasteiger charge is -2.08. The number of benzene rings is 2. The normalized spacial score (nSPS) is 11.8. The summed E-state index contributed by atoms with van der Waals surface area (Å²) in [6.45, 7) is 4.34. The molecular formula is C17H12Br2N2. The molecule has 2 aromatic carbocycles. The third-order valence-electron chi connectivity index (χ3n) is 4.20. The van der Waals surface area contributed by atoms with E-state index in [1.165, 1.54) is 38.2 Å². The van der Waals surface area contributed by atoms with E-state index in [1.807, 2.05) is 12.4 Å². The van der Waals surface area contributed by atoms with Gasteiger partial charge in [-0.25, -0.2) is 0 Å². The van der Waals surface area contributed by atoms with Crippen LogP contribution in [0.2, 0.25) is 0 Å². The highest BCUT2D eigenvalue weighted by atomic mass is 79.9. The molecule has 104 valence electrons. The van der Waals surface area contributed by atoms with Gasteiger partial charge in [0.15, 0.2) is 0 Å². The zero-order valence-electron chi connectivity index (χ0n) is 11.6. The van der Waals surface area contributed by atoms with Crippen molar-refractivity contribution in [2.24, 2.45) is 0 Å². The van der Waals surface area contributed by atoms with Crippen LogP contribution in [0.15, 0.2) is 39.5 Å². The summed E-state index contributed by atoms with van der Waals surface area (Å²) >= 11 is 7.25. The van der Waals surface area contributed by atoms with E-state index >= 15 is 0 Å². The quantitative estimate of drug-likeness (QED) is 0.382. The van der Waals surface area contributed by atoms with Crippen molar-refractivity contribution < 1.29 is 0 Å². The summed E-state index contributed by atoms with van der Waals surface area (Å²) < 4.78 is 2.15. The fourth-order valence-electron chi connectivity index (χ4n) is 3.18. The van der Waals surface area contributed by atoms with Crippen molar-refractivity contribution in [3.05, 3.63) is 50.7 Å². The molecule has 0 spiro atoms. The molecule has 0 saturated carbocycles. The highest BCUT2D eigenvalue weighted by molar-refractivity contribution is 9.11. The Bertz CT molecular complexity index is 1030. The monoisotopic (exact) mass is 402 g/mol. The van der Waals surface area contributed by atoms with Crippen LogP contribution in [0.5, 0.6) is 0 Å². The SMILES string of the molecule is Cc1c2ccncc2c(C)c2c1[nH]c1c(Br)cc(Br)cc12. The molecule has 1 N–H and O–H groups in total. The largest absolute Gasteiger partial charge is 0.353 e. The third-order valence-corrected chi connectivity index (χ3v) is 5.29. The molecule has 21 heavy (non-hydrogen) atoms. The molecule has 0 amide bonds. The number of aromatic nitrogens is 2. The Morgan fingerprint density at radius 2 is 1.76 bits per heavy atom. The topological polar surface area (TPSA) is 28.7 Å². The summed E-state index contributed by atoms with van der Waals surface area (Å²) in [6, 6.07) is 6.34. The van der Waals surface area contributed by atoms with Gasteiger partial charge in [0.25, 0.3) is 0 Å². The minimum absolute atomic E-state index is 1.07. The van der Waals surface area contributed by atoms with Crippen LogP contribution in [-0.2, 0) is 0 Å². The molecule has 0 fully saturated rings. The third kappa shape index (κ3) is 1.79. The van der Waals surface area contributed by atoms with Crippen molar-refractivity contribution in [1.29, 1.82) is 0 Å². The van der Waals surface area contributed by atoms with E-state index in [-0.39, 0.29) is 0 Å². The molecule has 0 aliphatic heterocycles. The predicted octanol–water partition coefficient (Wildman–Crippen LogP) is 6.01. The Labute approximate surface area is 138 Å².